The van der Waals surface area contributed by atoms with E-state index < -0.39 is 12.1 Å². The van der Waals surface area contributed by atoms with Crippen molar-refractivity contribution in [3.05, 3.63) is 44.6 Å². The molecule has 0 bridgehead atoms. The molecule has 0 aliphatic heterocycles. The fraction of sp³-hybridized carbons (Fsp3) is 0.389. The van der Waals surface area contributed by atoms with Gasteiger partial charge in [0.25, 0.3) is 0 Å². The van der Waals surface area contributed by atoms with Crippen LogP contribution in [0.15, 0.2) is 12.3 Å². The van der Waals surface area contributed by atoms with Crippen molar-refractivity contribution in [2.75, 3.05) is 6.61 Å². The van der Waals surface area contributed by atoms with Gasteiger partial charge < -0.3 is 9.47 Å². The van der Waals surface area contributed by atoms with Crippen LogP contribution in [-0.4, -0.2) is 34.2 Å². The van der Waals surface area contributed by atoms with E-state index in [1.165, 1.54) is 10.9 Å². The number of rotatable bonds is 6. The molecule has 1 aromatic carbocycles. The van der Waals surface area contributed by atoms with E-state index in [4.69, 9.17) is 32.7 Å². The van der Waals surface area contributed by atoms with Crippen LogP contribution in [0.3, 0.4) is 0 Å². The highest BCUT2D eigenvalue weighted by molar-refractivity contribution is 6.39. The van der Waals surface area contributed by atoms with E-state index in [1.807, 2.05) is 0 Å². The lowest BCUT2D eigenvalue weighted by atomic mass is 10.0. The molecule has 140 valence electrons. The summed E-state index contributed by atoms with van der Waals surface area (Å²) < 4.78 is 11.9. The average Bonchev–Trinajstić information content (AvgIpc) is 2.96. The maximum absolute atomic E-state index is 13.0. The molecule has 0 spiro atoms. The first-order valence-electron chi connectivity index (χ1n) is 8.04. The van der Waals surface area contributed by atoms with Gasteiger partial charge in [-0.25, -0.2) is 9.48 Å². The highest BCUT2D eigenvalue weighted by Gasteiger charge is 2.26. The second kappa shape index (κ2) is 8.10. The summed E-state index contributed by atoms with van der Waals surface area (Å²) in [5.41, 5.74) is 1.87. The molecule has 8 heteroatoms. The summed E-state index contributed by atoms with van der Waals surface area (Å²) in [6, 6.07) is 1.63. The number of halogens is 2. The zero-order chi connectivity index (χ0) is 19.6. The van der Waals surface area contributed by atoms with Crippen molar-refractivity contribution in [3.63, 3.8) is 0 Å². The highest BCUT2D eigenvalue weighted by Crippen LogP contribution is 2.33. The average molecular weight is 399 g/mol. The molecule has 1 aromatic heterocycles. The molecule has 0 radical (unpaired) electrons. The molecule has 0 saturated heterocycles. The molecule has 1 unspecified atom stereocenters. The number of carbonyl (C=O) groups excluding carboxylic acids is 2. The van der Waals surface area contributed by atoms with E-state index in [-0.39, 0.29) is 28.9 Å². The fourth-order valence-electron chi connectivity index (χ4n) is 2.44. The predicted octanol–water partition coefficient (Wildman–Crippen LogP) is 3.91. The molecule has 0 aliphatic carbocycles. The molecule has 0 aliphatic rings. The third-order valence-corrected chi connectivity index (χ3v) is 4.95. The van der Waals surface area contributed by atoms with Crippen molar-refractivity contribution in [2.45, 2.75) is 33.8 Å². The maximum Gasteiger partial charge on any atom is 0.347 e. The number of hydrogen-bond donors (Lipinski definition) is 0. The van der Waals surface area contributed by atoms with Gasteiger partial charge in [0, 0.05) is 17.6 Å². The van der Waals surface area contributed by atoms with Crippen molar-refractivity contribution in [3.8, 4) is 5.88 Å². The van der Waals surface area contributed by atoms with Gasteiger partial charge in [0.1, 0.15) is 5.56 Å². The lowest BCUT2D eigenvalue weighted by molar-refractivity contribution is -0.150. The topological polar surface area (TPSA) is 70.4 Å². The van der Waals surface area contributed by atoms with Crippen molar-refractivity contribution in [1.82, 2.24) is 9.78 Å². The highest BCUT2D eigenvalue weighted by atomic mass is 35.5. The lowest BCUT2D eigenvalue weighted by Gasteiger charge is -2.15. The van der Waals surface area contributed by atoms with E-state index >= 15 is 0 Å². The maximum atomic E-state index is 13.0. The van der Waals surface area contributed by atoms with Gasteiger partial charge in [0.15, 0.2) is 6.10 Å². The van der Waals surface area contributed by atoms with Gasteiger partial charge >= 0.3 is 5.97 Å². The van der Waals surface area contributed by atoms with Gasteiger partial charge in [-0.3, -0.25) is 4.79 Å². The zero-order valence-electron chi connectivity index (χ0n) is 15.2. The van der Waals surface area contributed by atoms with E-state index in [0.29, 0.717) is 16.1 Å². The third-order valence-electron chi connectivity index (χ3n) is 3.88. The zero-order valence-corrected chi connectivity index (χ0v) is 16.7. The van der Waals surface area contributed by atoms with Crippen LogP contribution in [0.5, 0.6) is 5.88 Å². The number of ketones is 1. The Morgan fingerprint density at radius 3 is 2.50 bits per heavy atom. The molecule has 0 fully saturated rings. The van der Waals surface area contributed by atoms with Gasteiger partial charge in [-0.05, 0) is 44.9 Å². The number of ether oxygens (including phenoxy) is 2. The number of esters is 1. The minimum Gasteiger partial charge on any atom is -0.463 e. The second-order valence-corrected chi connectivity index (χ2v) is 6.58. The second-order valence-electron chi connectivity index (χ2n) is 5.82. The van der Waals surface area contributed by atoms with Crippen molar-refractivity contribution < 1.29 is 19.1 Å². The molecule has 0 N–H and O–H groups in total. The number of aromatic nitrogens is 2. The molecule has 1 heterocycles. The summed E-state index contributed by atoms with van der Waals surface area (Å²) in [7, 11) is 1.62. The quantitative estimate of drug-likeness (QED) is 0.544. The van der Waals surface area contributed by atoms with Crippen LogP contribution in [0, 0.1) is 13.8 Å². The Labute approximate surface area is 162 Å². The monoisotopic (exact) mass is 398 g/mol. The molecule has 0 saturated carbocycles. The van der Waals surface area contributed by atoms with Crippen LogP contribution >= 0.6 is 23.2 Å². The lowest BCUT2D eigenvalue weighted by Crippen LogP contribution is -2.27. The van der Waals surface area contributed by atoms with Crippen molar-refractivity contribution in [1.29, 1.82) is 0 Å². The molecule has 6 nitrogen and oxygen atoms in total. The SMILES string of the molecule is CCOC(=O)C(C)Oc1c(C(=O)c2cc(C)c(Cl)c(C)c2Cl)cnn1C. The van der Waals surface area contributed by atoms with Crippen molar-refractivity contribution in [2.24, 2.45) is 7.05 Å². The summed E-state index contributed by atoms with van der Waals surface area (Å²) in [4.78, 5) is 24.8. The standard InChI is InChI=1S/C18H20Cl2N2O4/c1-6-25-18(24)11(4)26-17-13(8-21-22(17)5)16(23)12-7-9(2)14(19)10(3)15(12)20/h7-8,11H,6H2,1-5H3. The summed E-state index contributed by atoms with van der Waals surface area (Å²) >= 11 is 12.5. The summed E-state index contributed by atoms with van der Waals surface area (Å²) in [6.07, 6.45) is 0.492. The summed E-state index contributed by atoms with van der Waals surface area (Å²) in [5, 5.41) is 4.86. The van der Waals surface area contributed by atoms with Crippen LogP contribution < -0.4 is 4.74 Å². The number of carbonyl (C=O) groups is 2. The number of benzene rings is 1. The fourth-order valence-corrected chi connectivity index (χ4v) is 2.88. The Morgan fingerprint density at radius 2 is 1.88 bits per heavy atom. The van der Waals surface area contributed by atoms with Gasteiger partial charge in [-0.1, -0.05) is 23.2 Å². The minimum absolute atomic E-state index is 0.164. The normalized spacial score (nSPS) is 12.0. The Kier molecular flexibility index (Phi) is 6.31. The molecular weight excluding hydrogens is 379 g/mol. The van der Waals surface area contributed by atoms with Crippen LogP contribution in [0.1, 0.15) is 40.9 Å². The largest absolute Gasteiger partial charge is 0.463 e. The molecule has 2 aromatic rings. The predicted molar refractivity (Wildman–Crippen MR) is 99.3 cm³/mol. The Hall–Kier alpha value is -2.05. The molecule has 1 atom stereocenters. The summed E-state index contributed by atoms with van der Waals surface area (Å²) in [5.74, 6) is -0.725. The van der Waals surface area contributed by atoms with Crippen LogP contribution in [-0.2, 0) is 16.6 Å². The first-order chi connectivity index (χ1) is 12.2. The summed E-state index contributed by atoms with van der Waals surface area (Å²) in [6.45, 7) is 7.03. The molecule has 2 rings (SSSR count). The Morgan fingerprint density at radius 1 is 1.23 bits per heavy atom. The van der Waals surface area contributed by atoms with E-state index in [2.05, 4.69) is 5.10 Å². The first kappa shape index (κ1) is 20.3. The van der Waals surface area contributed by atoms with Crippen LogP contribution in [0.4, 0.5) is 0 Å². The van der Waals surface area contributed by atoms with Gasteiger partial charge in [0.2, 0.25) is 11.7 Å². The van der Waals surface area contributed by atoms with Gasteiger partial charge in [-0.15, -0.1) is 0 Å². The van der Waals surface area contributed by atoms with Crippen LogP contribution in [0.25, 0.3) is 0 Å². The molecule has 26 heavy (non-hydrogen) atoms. The molecule has 0 amide bonds. The van der Waals surface area contributed by atoms with E-state index in [1.54, 1.807) is 40.8 Å². The minimum atomic E-state index is -0.888. The van der Waals surface area contributed by atoms with Gasteiger partial charge in [0.05, 0.1) is 17.8 Å². The van der Waals surface area contributed by atoms with Gasteiger partial charge in [-0.2, -0.15) is 5.10 Å². The number of aryl methyl sites for hydroxylation is 2. The van der Waals surface area contributed by atoms with E-state index in [0.717, 1.165) is 5.56 Å². The smallest absolute Gasteiger partial charge is 0.347 e. The Balaban J connectivity index is 2.42. The Bertz CT molecular complexity index is 861. The number of hydrogen-bond acceptors (Lipinski definition) is 5. The first-order valence-corrected chi connectivity index (χ1v) is 8.79. The molecular formula is C18H20Cl2N2O4. The third kappa shape index (κ3) is 3.86. The van der Waals surface area contributed by atoms with E-state index in [9.17, 15) is 9.59 Å². The van der Waals surface area contributed by atoms with Crippen molar-refractivity contribution >= 4 is 35.0 Å². The van der Waals surface area contributed by atoms with Crippen LogP contribution in [0.2, 0.25) is 10.0 Å². The number of nitrogens with zero attached hydrogens (tertiary/aromatic N) is 2.